The molecule has 184 valence electrons. The zero-order valence-electron chi connectivity index (χ0n) is 19.5. The summed E-state index contributed by atoms with van der Waals surface area (Å²) >= 11 is 0. The molecule has 35 heavy (non-hydrogen) atoms. The summed E-state index contributed by atoms with van der Waals surface area (Å²) in [5.74, 6) is 0.511. The van der Waals surface area contributed by atoms with Gasteiger partial charge in [0.2, 0.25) is 0 Å². The maximum Gasteiger partial charge on any atom is 0.320 e. The minimum Gasteiger partial charge on any atom is -0.462 e. The smallest absolute Gasteiger partial charge is 0.320 e. The molecule has 3 aromatic rings. The molecule has 1 fully saturated rings. The zero-order chi connectivity index (χ0) is 24.8. The van der Waals surface area contributed by atoms with Crippen molar-refractivity contribution in [3.63, 3.8) is 0 Å². The fraction of sp³-hybridized carbons (Fsp3) is 0.391. The van der Waals surface area contributed by atoms with Crippen molar-refractivity contribution < 1.29 is 23.3 Å². The number of para-hydroxylation sites is 1. The molecule has 0 aliphatic carbocycles. The van der Waals surface area contributed by atoms with Gasteiger partial charge in [-0.2, -0.15) is 10.4 Å². The number of hydrogen-bond acceptors (Lipinski definition) is 10. The Morgan fingerprint density at radius 2 is 2.17 bits per heavy atom. The third-order valence-electron chi connectivity index (χ3n) is 5.29. The van der Waals surface area contributed by atoms with E-state index in [1.54, 1.807) is 42.6 Å². The number of nitrogens with one attached hydrogen (secondary N) is 1. The van der Waals surface area contributed by atoms with Gasteiger partial charge in [0.05, 0.1) is 24.5 Å². The van der Waals surface area contributed by atoms with E-state index in [-0.39, 0.29) is 25.4 Å². The van der Waals surface area contributed by atoms with Crippen LogP contribution in [0.5, 0.6) is 5.75 Å². The molecule has 1 aliphatic rings. The van der Waals surface area contributed by atoms with Crippen LogP contribution in [0, 0.1) is 11.3 Å². The number of ether oxygens (including phenoxy) is 2. The molecular weight excluding hydrogens is 471 g/mol. The summed E-state index contributed by atoms with van der Waals surface area (Å²) in [5.41, 5.74) is 5.93. The van der Waals surface area contributed by atoms with Gasteiger partial charge in [-0.25, -0.2) is 14.6 Å². The molecule has 1 saturated heterocycles. The Morgan fingerprint density at radius 1 is 1.37 bits per heavy atom. The van der Waals surface area contributed by atoms with Crippen LogP contribution in [0.4, 0.5) is 5.82 Å². The number of aromatic nitrogens is 3. The summed E-state index contributed by atoms with van der Waals surface area (Å²) in [6.07, 6.45) is 1.80. The van der Waals surface area contributed by atoms with Gasteiger partial charge in [0.25, 0.3) is 0 Å². The van der Waals surface area contributed by atoms with E-state index in [1.165, 1.54) is 6.33 Å². The van der Waals surface area contributed by atoms with Gasteiger partial charge in [0.15, 0.2) is 11.4 Å². The lowest BCUT2D eigenvalue weighted by molar-refractivity contribution is -0.145. The van der Waals surface area contributed by atoms with Crippen molar-refractivity contribution in [1.82, 2.24) is 19.7 Å². The first-order valence-corrected chi connectivity index (χ1v) is 12.3. The number of nitriles is 1. The fourth-order valence-corrected chi connectivity index (χ4v) is 4.82. The van der Waals surface area contributed by atoms with Crippen LogP contribution in [-0.2, 0) is 24.4 Å². The molecule has 3 atom stereocenters. The quantitative estimate of drug-likeness (QED) is 0.316. The first-order chi connectivity index (χ1) is 16.9. The SMILES string of the molecule is CC(C)OC(=O)CNP(OCC1CCC(C#N)(c2ccc3c(N)ncnn23)O1)Oc1ccccc1. The van der Waals surface area contributed by atoms with E-state index in [9.17, 15) is 10.1 Å². The summed E-state index contributed by atoms with van der Waals surface area (Å²) in [7, 11) is -1.68. The maximum atomic E-state index is 12.0. The van der Waals surface area contributed by atoms with Crippen molar-refractivity contribution in [1.29, 1.82) is 5.26 Å². The molecule has 0 bridgehead atoms. The van der Waals surface area contributed by atoms with Crippen LogP contribution in [-0.4, -0.2) is 45.9 Å². The number of esters is 1. The first-order valence-electron chi connectivity index (χ1n) is 11.2. The Morgan fingerprint density at radius 3 is 2.91 bits per heavy atom. The number of fused-ring (bicyclic) bond motifs is 1. The van der Waals surface area contributed by atoms with E-state index < -0.39 is 20.1 Å². The molecule has 11 nitrogen and oxygen atoms in total. The topological polar surface area (TPSA) is 146 Å². The molecule has 1 aliphatic heterocycles. The number of anilines is 1. The lowest BCUT2D eigenvalue weighted by atomic mass is 9.98. The van der Waals surface area contributed by atoms with Gasteiger partial charge in [0, 0.05) is 0 Å². The average Bonchev–Trinajstić information content (AvgIpc) is 3.47. The van der Waals surface area contributed by atoms with Gasteiger partial charge in [-0.05, 0) is 51.0 Å². The molecule has 2 aromatic heterocycles. The lowest BCUT2D eigenvalue weighted by Gasteiger charge is -2.23. The van der Waals surface area contributed by atoms with Crippen LogP contribution in [0.1, 0.15) is 32.4 Å². The van der Waals surface area contributed by atoms with E-state index >= 15 is 0 Å². The highest BCUT2D eigenvalue weighted by molar-refractivity contribution is 7.45. The number of nitrogen functional groups attached to an aromatic ring is 1. The Bertz CT molecular complexity index is 1200. The second-order valence-electron chi connectivity index (χ2n) is 8.21. The number of carbonyl (C=O) groups is 1. The number of nitrogens with zero attached hydrogens (tertiary/aromatic N) is 4. The number of nitrogens with two attached hydrogens (primary N) is 1. The highest BCUT2D eigenvalue weighted by Crippen LogP contribution is 2.42. The number of carbonyl (C=O) groups excluding carboxylic acids is 1. The second kappa shape index (κ2) is 11.0. The van der Waals surface area contributed by atoms with Crippen molar-refractivity contribution in [2.75, 3.05) is 18.9 Å². The Kier molecular flexibility index (Phi) is 7.78. The summed E-state index contributed by atoms with van der Waals surface area (Å²) < 4.78 is 24.9. The standard InChI is InChI=1S/C23H27N6O5P/c1-16(2)32-21(30)12-28-35(34-17-6-4-3-5-7-17)31-13-18-10-11-23(14-24,33-18)20-9-8-19-22(25)26-15-27-29(19)20/h3-9,15-16,18,28H,10-13H2,1-2H3,(H2,25,26,27). The highest BCUT2D eigenvalue weighted by atomic mass is 31.2. The first kappa shape index (κ1) is 24.8. The Labute approximate surface area is 204 Å². The lowest BCUT2D eigenvalue weighted by Crippen LogP contribution is -2.29. The predicted molar refractivity (Wildman–Crippen MR) is 128 cm³/mol. The molecule has 1 aromatic carbocycles. The van der Waals surface area contributed by atoms with E-state index in [4.69, 9.17) is 24.3 Å². The van der Waals surface area contributed by atoms with Crippen LogP contribution in [0.2, 0.25) is 0 Å². The molecule has 3 unspecified atom stereocenters. The van der Waals surface area contributed by atoms with Crippen molar-refractivity contribution >= 4 is 25.8 Å². The molecular formula is C23H27N6O5P. The van der Waals surface area contributed by atoms with Gasteiger partial charge in [0.1, 0.15) is 30.2 Å². The molecule has 0 radical (unpaired) electrons. The molecule has 0 saturated carbocycles. The van der Waals surface area contributed by atoms with Crippen LogP contribution in [0.15, 0.2) is 48.8 Å². The number of hydrogen-bond donors (Lipinski definition) is 2. The number of rotatable bonds is 10. The third-order valence-corrected chi connectivity index (χ3v) is 6.47. The van der Waals surface area contributed by atoms with Crippen LogP contribution in [0.3, 0.4) is 0 Å². The summed E-state index contributed by atoms with van der Waals surface area (Å²) in [4.78, 5) is 16.0. The molecule has 0 amide bonds. The van der Waals surface area contributed by atoms with E-state index in [2.05, 4.69) is 21.2 Å². The van der Waals surface area contributed by atoms with Crippen molar-refractivity contribution in [2.45, 2.75) is 44.5 Å². The van der Waals surface area contributed by atoms with Crippen molar-refractivity contribution in [2.24, 2.45) is 0 Å². The van der Waals surface area contributed by atoms with E-state index in [0.717, 1.165) is 0 Å². The monoisotopic (exact) mass is 498 g/mol. The Hall–Kier alpha value is -3.29. The molecule has 12 heteroatoms. The molecule has 3 N–H and O–H groups in total. The highest BCUT2D eigenvalue weighted by Gasteiger charge is 2.45. The second-order valence-corrected chi connectivity index (χ2v) is 9.48. The van der Waals surface area contributed by atoms with Crippen LogP contribution < -0.4 is 15.3 Å². The summed E-state index contributed by atoms with van der Waals surface area (Å²) in [6, 6.07) is 15.0. The van der Waals surface area contributed by atoms with Gasteiger partial charge >= 0.3 is 14.5 Å². The van der Waals surface area contributed by atoms with E-state index in [1.807, 2.05) is 18.2 Å². The number of benzene rings is 1. The maximum absolute atomic E-state index is 12.0. The molecule has 3 heterocycles. The zero-order valence-corrected chi connectivity index (χ0v) is 20.4. The van der Waals surface area contributed by atoms with Gasteiger partial charge in [-0.1, -0.05) is 18.2 Å². The van der Waals surface area contributed by atoms with Gasteiger partial charge in [-0.15, -0.1) is 0 Å². The average molecular weight is 498 g/mol. The minimum atomic E-state index is -1.68. The summed E-state index contributed by atoms with van der Waals surface area (Å²) in [6.45, 7) is 3.66. The normalized spacial score (nSPS) is 20.6. The third kappa shape index (κ3) is 5.86. The predicted octanol–water partition coefficient (Wildman–Crippen LogP) is 3.07. The van der Waals surface area contributed by atoms with E-state index in [0.29, 0.717) is 35.6 Å². The van der Waals surface area contributed by atoms with Crippen molar-refractivity contribution in [3.8, 4) is 11.8 Å². The Balaban J connectivity index is 1.42. The van der Waals surface area contributed by atoms with Gasteiger partial charge in [-0.3, -0.25) is 4.79 Å². The van der Waals surface area contributed by atoms with Crippen molar-refractivity contribution in [3.05, 3.63) is 54.5 Å². The summed E-state index contributed by atoms with van der Waals surface area (Å²) in [5, 5.41) is 17.3. The molecule has 0 spiro atoms. The molecule has 4 rings (SSSR count). The largest absolute Gasteiger partial charge is 0.462 e. The minimum absolute atomic E-state index is 0.0678. The van der Waals surface area contributed by atoms with Gasteiger partial charge < -0.3 is 24.3 Å². The fourth-order valence-electron chi connectivity index (χ4n) is 3.74. The van der Waals surface area contributed by atoms with Crippen LogP contribution in [0.25, 0.3) is 5.52 Å². The van der Waals surface area contributed by atoms with Crippen LogP contribution >= 0.6 is 8.53 Å².